The summed E-state index contributed by atoms with van der Waals surface area (Å²) < 4.78 is 3.63. The van der Waals surface area contributed by atoms with Crippen molar-refractivity contribution in [2.24, 2.45) is 0 Å². The predicted molar refractivity (Wildman–Crippen MR) is 113 cm³/mol. The molecule has 3 aliphatic heterocycles. The zero-order valence-corrected chi connectivity index (χ0v) is 16.9. The van der Waals surface area contributed by atoms with Crippen LogP contribution >= 0.6 is 12.4 Å². The van der Waals surface area contributed by atoms with E-state index in [2.05, 4.69) is 29.6 Å². The van der Waals surface area contributed by atoms with Crippen LogP contribution in [-0.2, 0) is 19.5 Å². The van der Waals surface area contributed by atoms with Crippen LogP contribution in [0.1, 0.15) is 49.9 Å². The predicted octanol–water partition coefficient (Wildman–Crippen LogP) is 3.68. The number of nitrogens with one attached hydrogen (secondary N) is 1. The van der Waals surface area contributed by atoms with E-state index in [0.717, 1.165) is 42.4 Å². The van der Waals surface area contributed by atoms with Crippen LogP contribution < -0.4 is 11.0 Å². The lowest BCUT2D eigenvalue weighted by Crippen LogP contribution is -2.31. The van der Waals surface area contributed by atoms with Crippen molar-refractivity contribution in [2.75, 3.05) is 5.32 Å². The Bertz CT molecular complexity index is 990. The van der Waals surface area contributed by atoms with E-state index in [1.165, 1.54) is 18.4 Å². The van der Waals surface area contributed by atoms with E-state index in [9.17, 15) is 4.79 Å². The van der Waals surface area contributed by atoms with Crippen molar-refractivity contribution in [3.05, 3.63) is 52.2 Å². The summed E-state index contributed by atoms with van der Waals surface area (Å²) in [6.07, 6.45) is 5.71. The summed E-state index contributed by atoms with van der Waals surface area (Å²) in [5.41, 5.74) is 2.14. The number of rotatable bonds is 4. The molecule has 0 radical (unpaired) electrons. The molecule has 0 spiro atoms. The summed E-state index contributed by atoms with van der Waals surface area (Å²) in [5, 5.41) is 3.57. The van der Waals surface area contributed by atoms with Crippen molar-refractivity contribution in [1.29, 1.82) is 0 Å². The SMILES string of the molecule is CCn1c2nc(C3CCCC3)nc-2c2n(c1=O)C[C@@H](Cc1ccccc1)N2.Cl. The Morgan fingerprint density at radius 3 is 2.61 bits per heavy atom. The van der Waals surface area contributed by atoms with Crippen molar-refractivity contribution in [1.82, 2.24) is 19.1 Å². The van der Waals surface area contributed by atoms with Gasteiger partial charge in [-0.25, -0.2) is 14.8 Å². The highest BCUT2D eigenvalue weighted by molar-refractivity contribution is 5.85. The van der Waals surface area contributed by atoms with Gasteiger partial charge < -0.3 is 5.32 Å². The van der Waals surface area contributed by atoms with Crippen LogP contribution in [-0.4, -0.2) is 25.1 Å². The van der Waals surface area contributed by atoms with Gasteiger partial charge in [-0.1, -0.05) is 43.2 Å². The van der Waals surface area contributed by atoms with Crippen molar-refractivity contribution < 1.29 is 0 Å². The van der Waals surface area contributed by atoms with Gasteiger partial charge in [-0.3, -0.25) is 9.13 Å². The van der Waals surface area contributed by atoms with Crippen molar-refractivity contribution >= 4 is 18.2 Å². The zero-order valence-electron chi connectivity index (χ0n) is 16.1. The molecular formula is C21H26ClN5O. The molecule has 0 amide bonds. The number of anilines is 1. The number of imidazole rings is 1. The van der Waals surface area contributed by atoms with E-state index in [1.54, 1.807) is 4.57 Å². The van der Waals surface area contributed by atoms with Gasteiger partial charge in [0.2, 0.25) is 0 Å². The molecular weight excluding hydrogens is 374 g/mol. The first-order valence-corrected chi connectivity index (χ1v) is 10.1. The molecule has 5 rings (SSSR count). The quantitative estimate of drug-likeness (QED) is 0.726. The fourth-order valence-electron chi connectivity index (χ4n) is 4.60. The first-order valence-electron chi connectivity index (χ1n) is 10.1. The largest absolute Gasteiger partial charge is 0.365 e. The molecule has 1 N–H and O–H groups in total. The Kier molecular flexibility index (Phi) is 5.15. The number of halogens is 1. The maximum Gasteiger partial charge on any atom is 0.331 e. The van der Waals surface area contributed by atoms with Crippen LogP contribution in [0.4, 0.5) is 5.82 Å². The first-order chi connectivity index (χ1) is 13.2. The van der Waals surface area contributed by atoms with Crippen LogP contribution in [0, 0.1) is 0 Å². The van der Waals surface area contributed by atoms with E-state index in [1.807, 2.05) is 17.6 Å². The van der Waals surface area contributed by atoms with Gasteiger partial charge in [0.1, 0.15) is 17.3 Å². The molecule has 0 aromatic heterocycles. The molecule has 0 saturated heterocycles. The van der Waals surface area contributed by atoms with Crippen LogP contribution in [0.2, 0.25) is 0 Å². The molecule has 0 bridgehead atoms. The van der Waals surface area contributed by atoms with E-state index < -0.39 is 0 Å². The fraction of sp³-hybridized carbons (Fsp3) is 0.476. The third-order valence-corrected chi connectivity index (χ3v) is 5.98. The first kappa shape index (κ1) is 19.0. The van der Waals surface area contributed by atoms with Crippen LogP contribution in [0.3, 0.4) is 0 Å². The van der Waals surface area contributed by atoms with Gasteiger partial charge in [-0.15, -0.1) is 12.4 Å². The van der Waals surface area contributed by atoms with Crippen LogP contribution in [0.15, 0.2) is 35.1 Å². The van der Waals surface area contributed by atoms with Crippen molar-refractivity contribution in [2.45, 2.75) is 64.1 Å². The second-order valence-corrected chi connectivity index (χ2v) is 7.75. The van der Waals surface area contributed by atoms with Crippen LogP contribution in [0.5, 0.6) is 0 Å². The molecule has 148 valence electrons. The molecule has 3 heterocycles. The minimum absolute atomic E-state index is 0. The maximum atomic E-state index is 13.1. The smallest absolute Gasteiger partial charge is 0.331 e. The second kappa shape index (κ2) is 7.59. The molecule has 1 atom stereocenters. The van der Waals surface area contributed by atoms with Gasteiger partial charge in [-0.05, 0) is 31.7 Å². The van der Waals surface area contributed by atoms with E-state index in [0.29, 0.717) is 19.0 Å². The molecule has 1 aromatic carbocycles. The molecule has 1 fully saturated rings. The Balaban J connectivity index is 0.00000192. The number of hydrogen-bond donors (Lipinski definition) is 1. The average molecular weight is 400 g/mol. The number of nitrogens with zero attached hydrogens (tertiary/aromatic N) is 4. The normalized spacial score (nSPS) is 18.8. The van der Waals surface area contributed by atoms with Gasteiger partial charge in [-0.2, -0.15) is 0 Å². The fourth-order valence-corrected chi connectivity index (χ4v) is 4.60. The molecule has 0 unspecified atom stereocenters. The van der Waals surface area contributed by atoms with Crippen molar-refractivity contribution in [3.63, 3.8) is 0 Å². The molecule has 4 aliphatic rings. The number of fused-ring (bicyclic) bond motifs is 3. The summed E-state index contributed by atoms with van der Waals surface area (Å²) in [4.78, 5) is 22.8. The lowest BCUT2D eigenvalue weighted by atomic mass is 10.1. The van der Waals surface area contributed by atoms with Gasteiger partial charge in [0.05, 0.1) is 0 Å². The summed E-state index contributed by atoms with van der Waals surface area (Å²) in [6, 6.07) is 10.6. The third-order valence-electron chi connectivity index (χ3n) is 5.98. The molecule has 6 nitrogen and oxygen atoms in total. The molecule has 1 aromatic rings. The minimum Gasteiger partial charge on any atom is -0.365 e. The van der Waals surface area contributed by atoms with Gasteiger partial charge in [0.15, 0.2) is 5.82 Å². The van der Waals surface area contributed by atoms with E-state index >= 15 is 0 Å². The monoisotopic (exact) mass is 399 g/mol. The standard InChI is InChI=1S/C21H25N5O.ClH/c1-2-25-20-17(23-18(24-20)15-10-6-7-11-15)19-22-16(13-26(19)21(25)27)12-14-8-4-3-5-9-14;/h3-5,8-9,15-16,22H,2,6-7,10-13H2,1H3;1H/t16-;/m1./s1. The average Bonchev–Trinajstić information content (AvgIpc) is 3.42. The highest BCUT2D eigenvalue weighted by atomic mass is 35.5. The van der Waals surface area contributed by atoms with Crippen molar-refractivity contribution in [3.8, 4) is 11.5 Å². The van der Waals surface area contributed by atoms with E-state index in [-0.39, 0.29) is 24.1 Å². The minimum atomic E-state index is 0. The Labute approximate surface area is 170 Å². The number of hydrogen-bond acceptors (Lipinski definition) is 4. The summed E-state index contributed by atoms with van der Waals surface area (Å²) in [6.45, 7) is 3.29. The highest BCUT2D eigenvalue weighted by Gasteiger charge is 2.33. The Morgan fingerprint density at radius 2 is 1.89 bits per heavy atom. The van der Waals surface area contributed by atoms with Gasteiger partial charge in [0.25, 0.3) is 0 Å². The zero-order chi connectivity index (χ0) is 18.4. The van der Waals surface area contributed by atoms with E-state index in [4.69, 9.17) is 9.97 Å². The third kappa shape index (κ3) is 3.09. The molecule has 28 heavy (non-hydrogen) atoms. The molecule has 7 heteroatoms. The number of aromatic nitrogens is 4. The molecule has 1 aliphatic carbocycles. The summed E-state index contributed by atoms with van der Waals surface area (Å²) in [7, 11) is 0. The molecule has 1 saturated carbocycles. The van der Waals surface area contributed by atoms with Gasteiger partial charge >= 0.3 is 5.69 Å². The number of benzene rings is 1. The lowest BCUT2D eigenvalue weighted by molar-refractivity contribution is 0.578. The second-order valence-electron chi connectivity index (χ2n) is 7.75. The topological polar surface area (TPSA) is 64.7 Å². The Hall–Kier alpha value is -2.34. The lowest BCUT2D eigenvalue weighted by Gasteiger charge is -2.12. The highest BCUT2D eigenvalue weighted by Crippen LogP contribution is 2.37. The van der Waals surface area contributed by atoms with Crippen LogP contribution in [0.25, 0.3) is 11.5 Å². The summed E-state index contributed by atoms with van der Waals surface area (Å²) >= 11 is 0. The maximum absolute atomic E-state index is 13.1. The Morgan fingerprint density at radius 1 is 1.14 bits per heavy atom. The van der Waals surface area contributed by atoms with Gasteiger partial charge in [0, 0.05) is 25.0 Å². The summed E-state index contributed by atoms with van der Waals surface area (Å²) in [5.74, 6) is 2.95.